The van der Waals surface area contributed by atoms with Crippen molar-refractivity contribution in [2.75, 3.05) is 12.3 Å². The van der Waals surface area contributed by atoms with E-state index in [1.807, 2.05) is 42.6 Å². The zero-order valence-electron chi connectivity index (χ0n) is 10.5. The van der Waals surface area contributed by atoms with Crippen LogP contribution < -0.4 is 10.5 Å². The molecule has 0 saturated carbocycles. The Morgan fingerprint density at radius 1 is 1.21 bits per heavy atom. The van der Waals surface area contributed by atoms with Crippen LogP contribution in [0.4, 0.5) is 5.82 Å². The summed E-state index contributed by atoms with van der Waals surface area (Å²) in [6, 6.07) is 9.67. The molecule has 0 bridgehead atoms. The van der Waals surface area contributed by atoms with Gasteiger partial charge in [-0.3, -0.25) is 0 Å². The minimum absolute atomic E-state index is 0.507. The van der Waals surface area contributed by atoms with Gasteiger partial charge in [0, 0.05) is 0 Å². The van der Waals surface area contributed by atoms with Crippen LogP contribution in [0.1, 0.15) is 6.92 Å². The van der Waals surface area contributed by atoms with Crippen LogP contribution in [0.5, 0.6) is 5.75 Å². The third-order valence-electron chi connectivity index (χ3n) is 2.78. The molecule has 5 heteroatoms. The van der Waals surface area contributed by atoms with Gasteiger partial charge in [-0.2, -0.15) is 0 Å². The first kappa shape index (κ1) is 11.9. The van der Waals surface area contributed by atoms with Crippen molar-refractivity contribution in [3.05, 3.63) is 35.7 Å². The molecular weight excluding hydrogens is 258 g/mol. The van der Waals surface area contributed by atoms with Gasteiger partial charge in [0.05, 0.1) is 17.6 Å². The molecule has 0 aliphatic heterocycles. The maximum absolute atomic E-state index is 5.98. The fourth-order valence-corrected chi connectivity index (χ4v) is 2.70. The molecule has 0 aliphatic carbocycles. The first-order valence-corrected chi connectivity index (χ1v) is 6.90. The number of thiophene rings is 1. The highest BCUT2D eigenvalue weighted by atomic mass is 32.1. The summed E-state index contributed by atoms with van der Waals surface area (Å²) < 4.78 is 5.61. The van der Waals surface area contributed by atoms with Crippen molar-refractivity contribution in [1.29, 1.82) is 0 Å². The van der Waals surface area contributed by atoms with Crippen molar-refractivity contribution in [2.24, 2.45) is 0 Å². The third-order valence-corrected chi connectivity index (χ3v) is 3.59. The van der Waals surface area contributed by atoms with Crippen LogP contribution in [0.25, 0.3) is 21.6 Å². The Bertz CT molecular complexity index is 724. The Labute approximate surface area is 114 Å². The van der Waals surface area contributed by atoms with Gasteiger partial charge >= 0.3 is 0 Å². The summed E-state index contributed by atoms with van der Waals surface area (Å²) in [5, 5.41) is 2.87. The van der Waals surface area contributed by atoms with E-state index in [1.54, 1.807) is 11.3 Å². The number of para-hydroxylation sites is 1. The summed E-state index contributed by atoms with van der Waals surface area (Å²) in [5.74, 6) is 1.89. The van der Waals surface area contributed by atoms with Crippen molar-refractivity contribution in [2.45, 2.75) is 6.92 Å². The fraction of sp³-hybridized carbons (Fsp3) is 0.143. The summed E-state index contributed by atoms with van der Waals surface area (Å²) in [4.78, 5) is 9.83. The third kappa shape index (κ3) is 2.13. The van der Waals surface area contributed by atoms with Crippen LogP contribution in [0.3, 0.4) is 0 Å². The number of aromatic nitrogens is 2. The van der Waals surface area contributed by atoms with E-state index in [4.69, 9.17) is 10.5 Å². The minimum Gasteiger partial charge on any atom is -0.493 e. The van der Waals surface area contributed by atoms with Gasteiger partial charge in [0.25, 0.3) is 0 Å². The van der Waals surface area contributed by atoms with Crippen molar-refractivity contribution in [3.8, 4) is 17.1 Å². The number of nitrogens with two attached hydrogens (primary N) is 1. The second-order valence-electron chi connectivity index (χ2n) is 4.00. The largest absolute Gasteiger partial charge is 0.493 e. The van der Waals surface area contributed by atoms with Gasteiger partial charge in [0.1, 0.15) is 16.4 Å². The monoisotopic (exact) mass is 271 g/mol. The molecule has 0 spiro atoms. The van der Waals surface area contributed by atoms with Crippen LogP contribution in [0.15, 0.2) is 35.7 Å². The van der Waals surface area contributed by atoms with Crippen LogP contribution >= 0.6 is 11.3 Å². The summed E-state index contributed by atoms with van der Waals surface area (Å²) in [6.07, 6.45) is 0. The molecule has 0 atom stereocenters. The quantitative estimate of drug-likeness (QED) is 0.793. The lowest BCUT2D eigenvalue weighted by Gasteiger charge is -2.09. The molecule has 3 aromatic rings. The van der Waals surface area contributed by atoms with Gasteiger partial charge in [-0.15, -0.1) is 11.3 Å². The van der Waals surface area contributed by atoms with Gasteiger partial charge in [-0.1, -0.05) is 12.1 Å². The molecule has 0 radical (unpaired) electrons. The summed E-state index contributed by atoms with van der Waals surface area (Å²) in [5.41, 5.74) is 6.84. The van der Waals surface area contributed by atoms with E-state index < -0.39 is 0 Å². The number of nitrogen functional groups attached to an aromatic ring is 1. The molecule has 2 N–H and O–H groups in total. The Morgan fingerprint density at radius 2 is 2.05 bits per heavy atom. The smallest absolute Gasteiger partial charge is 0.166 e. The molecule has 1 aromatic carbocycles. The van der Waals surface area contributed by atoms with Crippen molar-refractivity contribution >= 4 is 27.4 Å². The number of ether oxygens (including phenoxy) is 1. The second-order valence-corrected chi connectivity index (χ2v) is 4.90. The van der Waals surface area contributed by atoms with E-state index >= 15 is 0 Å². The molecule has 96 valence electrons. The van der Waals surface area contributed by atoms with Gasteiger partial charge in [-0.25, -0.2) is 9.97 Å². The van der Waals surface area contributed by atoms with Crippen LogP contribution in [0, 0.1) is 0 Å². The highest BCUT2D eigenvalue weighted by molar-refractivity contribution is 7.16. The number of benzene rings is 1. The van der Waals surface area contributed by atoms with Gasteiger partial charge in [0.15, 0.2) is 5.82 Å². The Morgan fingerprint density at radius 3 is 2.89 bits per heavy atom. The van der Waals surface area contributed by atoms with Crippen molar-refractivity contribution in [3.63, 3.8) is 0 Å². The maximum atomic E-state index is 5.98. The Kier molecular flexibility index (Phi) is 3.05. The summed E-state index contributed by atoms with van der Waals surface area (Å²) in [6.45, 7) is 2.56. The number of rotatable bonds is 3. The zero-order chi connectivity index (χ0) is 13.2. The highest BCUT2D eigenvalue weighted by Crippen LogP contribution is 2.31. The first-order chi connectivity index (χ1) is 9.29. The van der Waals surface area contributed by atoms with Crippen molar-refractivity contribution in [1.82, 2.24) is 9.97 Å². The van der Waals surface area contributed by atoms with Gasteiger partial charge in [0.2, 0.25) is 0 Å². The molecule has 19 heavy (non-hydrogen) atoms. The predicted octanol–water partition coefficient (Wildman–Crippen LogP) is 3.34. The van der Waals surface area contributed by atoms with Crippen molar-refractivity contribution < 1.29 is 4.74 Å². The average molecular weight is 271 g/mol. The molecule has 0 unspecified atom stereocenters. The summed E-state index contributed by atoms with van der Waals surface area (Å²) in [7, 11) is 0. The number of anilines is 1. The van der Waals surface area contributed by atoms with Gasteiger partial charge < -0.3 is 10.5 Å². The highest BCUT2D eigenvalue weighted by Gasteiger charge is 2.12. The molecule has 2 aromatic heterocycles. The number of nitrogens with zero attached hydrogens (tertiary/aromatic N) is 2. The lowest BCUT2D eigenvalue weighted by molar-refractivity contribution is 0.341. The number of hydrogen-bond donors (Lipinski definition) is 1. The van der Waals surface area contributed by atoms with E-state index in [9.17, 15) is 0 Å². The molecule has 0 saturated heterocycles. The summed E-state index contributed by atoms with van der Waals surface area (Å²) >= 11 is 1.56. The van der Waals surface area contributed by atoms with Crippen LogP contribution in [-0.4, -0.2) is 16.6 Å². The fourth-order valence-electron chi connectivity index (χ4n) is 1.93. The molecule has 0 fully saturated rings. The number of hydrogen-bond acceptors (Lipinski definition) is 5. The Balaban J connectivity index is 2.18. The second kappa shape index (κ2) is 4.85. The van der Waals surface area contributed by atoms with E-state index in [-0.39, 0.29) is 0 Å². The first-order valence-electron chi connectivity index (χ1n) is 6.02. The topological polar surface area (TPSA) is 61.0 Å². The molecule has 0 amide bonds. The molecule has 3 rings (SSSR count). The molecule has 2 heterocycles. The van der Waals surface area contributed by atoms with Crippen LogP contribution in [0.2, 0.25) is 0 Å². The molecular formula is C14H13N3OS. The zero-order valence-corrected chi connectivity index (χ0v) is 11.3. The normalized spacial score (nSPS) is 10.8. The molecule has 0 aliphatic rings. The lowest BCUT2D eigenvalue weighted by atomic mass is 10.2. The lowest BCUT2D eigenvalue weighted by Crippen LogP contribution is -1.99. The predicted molar refractivity (Wildman–Crippen MR) is 78.4 cm³/mol. The maximum Gasteiger partial charge on any atom is 0.166 e. The van der Waals surface area contributed by atoms with E-state index in [1.165, 1.54) is 0 Å². The Hall–Kier alpha value is -2.14. The van der Waals surface area contributed by atoms with Gasteiger partial charge in [-0.05, 0) is 30.5 Å². The minimum atomic E-state index is 0.507. The van der Waals surface area contributed by atoms with E-state index in [0.29, 0.717) is 18.2 Å². The van der Waals surface area contributed by atoms with Crippen LogP contribution in [-0.2, 0) is 0 Å². The molecule has 4 nitrogen and oxygen atoms in total. The average Bonchev–Trinajstić information content (AvgIpc) is 2.88. The van der Waals surface area contributed by atoms with E-state index in [2.05, 4.69) is 9.97 Å². The SMILES string of the molecule is CCOc1ccccc1-c1nc(N)c2ccsc2n1. The number of fused-ring (bicyclic) bond motifs is 1. The standard InChI is InChI=1S/C14H13N3OS/c1-2-18-11-6-4-3-5-9(11)13-16-12(15)10-7-8-19-14(10)17-13/h3-8H,2H2,1H3,(H2,15,16,17). The van der Waals surface area contributed by atoms with E-state index in [0.717, 1.165) is 21.5 Å².